The summed E-state index contributed by atoms with van der Waals surface area (Å²) in [5.74, 6) is -1.16. The first kappa shape index (κ1) is 12.1. The lowest BCUT2D eigenvalue weighted by Gasteiger charge is -2.34. The maximum Gasteiger partial charge on any atom is 0.391 e. The van der Waals surface area contributed by atoms with Gasteiger partial charge in [0.1, 0.15) is 0 Å². The van der Waals surface area contributed by atoms with Crippen LogP contribution in [-0.4, -0.2) is 19.3 Å². The number of piperidine rings is 1. The zero-order valence-corrected chi connectivity index (χ0v) is 9.37. The number of nitrogens with two attached hydrogens (primary N) is 1. The average molecular weight is 244 g/mol. The molecule has 0 radical (unpaired) electrons. The van der Waals surface area contributed by atoms with E-state index in [0.717, 1.165) is 5.69 Å². The van der Waals surface area contributed by atoms with Gasteiger partial charge in [-0.3, -0.25) is 0 Å². The SMILES string of the molecule is Nc1ccccc1N1CCC(C(F)(F)F)CC1. The van der Waals surface area contributed by atoms with Crippen molar-refractivity contribution >= 4 is 11.4 Å². The van der Waals surface area contributed by atoms with Crippen LogP contribution in [0, 0.1) is 5.92 Å². The lowest BCUT2D eigenvalue weighted by atomic mass is 9.96. The summed E-state index contributed by atoms with van der Waals surface area (Å²) < 4.78 is 37.5. The quantitative estimate of drug-likeness (QED) is 0.769. The molecule has 0 unspecified atom stereocenters. The van der Waals surface area contributed by atoms with Crippen molar-refractivity contribution in [3.63, 3.8) is 0 Å². The molecule has 5 heteroatoms. The highest BCUT2D eigenvalue weighted by Gasteiger charge is 2.41. The summed E-state index contributed by atoms with van der Waals surface area (Å²) in [5, 5.41) is 0. The van der Waals surface area contributed by atoms with Crippen molar-refractivity contribution < 1.29 is 13.2 Å². The summed E-state index contributed by atoms with van der Waals surface area (Å²) in [6, 6.07) is 7.29. The van der Waals surface area contributed by atoms with Crippen molar-refractivity contribution in [2.45, 2.75) is 19.0 Å². The number of rotatable bonds is 1. The third kappa shape index (κ3) is 2.65. The number of nitrogens with zero attached hydrogens (tertiary/aromatic N) is 1. The molecule has 1 aliphatic heterocycles. The third-order valence-electron chi connectivity index (χ3n) is 3.24. The number of hydrogen-bond donors (Lipinski definition) is 1. The first-order valence-corrected chi connectivity index (χ1v) is 5.64. The number of alkyl halides is 3. The van der Waals surface area contributed by atoms with E-state index >= 15 is 0 Å². The number of anilines is 2. The molecule has 2 N–H and O–H groups in total. The molecule has 2 nitrogen and oxygen atoms in total. The Bertz CT molecular complexity index is 382. The summed E-state index contributed by atoms with van der Waals surface area (Å²) in [6.45, 7) is 0.830. The van der Waals surface area contributed by atoms with Crippen LogP contribution in [0.3, 0.4) is 0 Å². The number of hydrogen-bond acceptors (Lipinski definition) is 2. The molecule has 1 aromatic rings. The Morgan fingerprint density at radius 3 is 2.24 bits per heavy atom. The summed E-state index contributed by atoms with van der Waals surface area (Å²) in [7, 11) is 0. The van der Waals surface area contributed by atoms with E-state index in [1.54, 1.807) is 6.07 Å². The van der Waals surface area contributed by atoms with Gasteiger partial charge in [0.25, 0.3) is 0 Å². The molecule has 1 saturated heterocycles. The highest BCUT2D eigenvalue weighted by Crippen LogP contribution is 2.36. The second-order valence-electron chi connectivity index (χ2n) is 4.36. The molecule has 1 fully saturated rings. The number of nitrogen functional groups attached to an aromatic ring is 1. The molecule has 0 aliphatic carbocycles. The van der Waals surface area contributed by atoms with E-state index in [-0.39, 0.29) is 12.8 Å². The number of para-hydroxylation sites is 2. The van der Waals surface area contributed by atoms with Crippen LogP contribution in [-0.2, 0) is 0 Å². The molecular formula is C12H15F3N2. The molecule has 94 valence electrons. The highest BCUT2D eigenvalue weighted by atomic mass is 19.4. The molecule has 0 bridgehead atoms. The molecule has 0 saturated carbocycles. The minimum Gasteiger partial charge on any atom is -0.397 e. The Balaban J connectivity index is 2.03. The Labute approximate surface area is 98.2 Å². The fourth-order valence-electron chi connectivity index (χ4n) is 2.22. The van der Waals surface area contributed by atoms with E-state index in [0.29, 0.717) is 18.8 Å². The Morgan fingerprint density at radius 2 is 1.71 bits per heavy atom. The van der Waals surface area contributed by atoms with Crippen LogP contribution in [0.1, 0.15) is 12.8 Å². The minimum absolute atomic E-state index is 0.151. The van der Waals surface area contributed by atoms with Crippen molar-refractivity contribution in [3.8, 4) is 0 Å². The minimum atomic E-state index is -4.06. The molecule has 0 amide bonds. The normalized spacial score (nSPS) is 18.4. The lowest BCUT2D eigenvalue weighted by Crippen LogP contribution is -2.39. The Kier molecular flexibility index (Phi) is 3.17. The molecule has 1 aliphatic rings. The third-order valence-corrected chi connectivity index (χ3v) is 3.24. The van der Waals surface area contributed by atoms with Gasteiger partial charge in [0, 0.05) is 13.1 Å². The van der Waals surface area contributed by atoms with Gasteiger partial charge < -0.3 is 10.6 Å². The van der Waals surface area contributed by atoms with Crippen LogP contribution in [0.5, 0.6) is 0 Å². The van der Waals surface area contributed by atoms with Crippen molar-refractivity contribution in [2.75, 3.05) is 23.7 Å². The fourth-order valence-corrected chi connectivity index (χ4v) is 2.22. The van der Waals surface area contributed by atoms with E-state index in [2.05, 4.69) is 0 Å². The van der Waals surface area contributed by atoms with Crippen LogP contribution in [0.4, 0.5) is 24.5 Å². The van der Waals surface area contributed by atoms with Crippen molar-refractivity contribution in [1.29, 1.82) is 0 Å². The lowest BCUT2D eigenvalue weighted by molar-refractivity contribution is -0.179. The molecule has 2 rings (SSSR count). The second-order valence-corrected chi connectivity index (χ2v) is 4.36. The van der Waals surface area contributed by atoms with Crippen LogP contribution < -0.4 is 10.6 Å². The summed E-state index contributed by atoms with van der Waals surface area (Å²) in [4.78, 5) is 1.93. The van der Waals surface area contributed by atoms with Crippen molar-refractivity contribution in [3.05, 3.63) is 24.3 Å². The van der Waals surface area contributed by atoms with E-state index < -0.39 is 12.1 Å². The Morgan fingerprint density at radius 1 is 1.12 bits per heavy atom. The van der Waals surface area contributed by atoms with Crippen LogP contribution >= 0.6 is 0 Å². The monoisotopic (exact) mass is 244 g/mol. The predicted molar refractivity (Wildman–Crippen MR) is 61.8 cm³/mol. The van der Waals surface area contributed by atoms with Gasteiger partial charge in [0.2, 0.25) is 0 Å². The average Bonchev–Trinajstić information content (AvgIpc) is 2.29. The molecule has 1 heterocycles. The largest absolute Gasteiger partial charge is 0.397 e. The molecule has 17 heavy (non-hydrogen) atoms. The van der Waals surface area contributed by atoms with E-state index in [1.807, 2.05) is 23.1 Å². The second kappa shape index (κ2) is 4.47. The van der Waals surface area contributed by atoms with Gasteiger partial charge in [-0.2, -0.15) is 13.2 Å². The summed E-state index contributed by atoms with van der Waals surface area (Å²) in [5.41, 5.74) is 7.27. The first-order chi connectivity index (χ1) is 7.98. The smallest absolute Gasteiger partial charge is 0.391 e. The topological polar surface area (TPSA) is 29.3 Å². The van der Waals surface area contributed by atoms with Gasteiger partial charge in [-0.25, -0.2) is 0 Å². The van der Waals surface area contributed by atoms with E-state index in [1.165, 1.54) is 0 Å². The predicted octanol–water partition coefficient (Wildman–Crippen LogP) is 3.05. The maximum atomic E-state index is 12.5. The summed E-state index contributed by atoms with van der Waals surface area (Å²) in [6.07, 6.45) is -3.76. The molecule has 0 spiro atoms. The number of benzene rings is 1. The first-order valence-electron chi connectivity index (χ1n) is 5.64. The molecule has 1 aromatic carbocycles. The van der Waals surface area contributed by atoms with Crippen molar-refractivity contribution in [2.24, 2.45) is 5.92 Å². The maximum absolute atomic E-state index is 12.5. The molecule has 0 atom stereocenters. The van der Waals surface area contributed by atoms with Crippen molar-refractivity contribution in [1.82, 2.24) is 0 Å². The van der Waals surface area contributed by atoms with Gasteiger partial charge in [0.15, 0.2) is 0 Å². The van der Waals surface area contributed by atoms with Gasteiger partial charge in [0.05, 0.1) is 17.3 Å². The van der Waals surface area contributed by atoms with Gasteiger partial charge in [-0.15, -0.1) is 0 Å². The zero-order valence-electron chi connectivity index (χ0n) is 9.37. The van der Waals surface area contributed by atoms with E-state index in [9.17, 15) is 13.2 Å². The molecular weight excluding hydrogens is 229 g/mol. The van der Waals surface area contributed by atoms with E-state index in [4.69, 9.17) is 5.73 Å². The van der Waals surface area contributed by atoms with Gasteiger partial charge >= 0.3 is 6.18 Å². The molecule has 0 aromatic heterocycles. The summed E-state index contributed by atoms with van der Waals surface area (Å²) >= 11 is 0. The fraction of sp³-hybridized carbons (Fsp3) is 0.500. The van der Waals surface area contributed by atoms with Crippen LogP contribution in [0.15, 0.2) is 24.3 Å². The van der Waals surface area contributed by atoms with Crippen LogP contribution in [0.25, 0.3) is 0 Å². The Hall–Kier alpha value is -1.39. The van der Waals surface area contributed by atoms with Gasteiger partial charge in [-0.1, -0.05) is 12.1 Å². The highest BCUT2D eigenvalue weighted by molar-refractivity contribution is 5.67. The standard InChI is InChI=1S/C12H15F3N2/c13-12(14,15)9-5-7-17(8-6-9)11-4-2-1-3-10(11)16/h1-4,9H,5-8,16H2. The van der Waals surface area contributed by atoms with Crippen LogP contribution in [0.2, 0.25) is 0 Å². The van der Waals surface area contributed by atoms with Gasteiger partial charge in [-0.05, 0) is 25.0 Å². The zero-order chi connectivity index (χ0) is 12.5. The number of halogens is 3.